The van der Waals surface area contributed by atoms with E-state index in [0.29, 0.717) is 17.1 Å². The van der Waals surface area contributed by atoms with Crippen LogP contribution in [0.4, 0.5) is 5.69 Å². The average molecular weight is 433 g/mol. The molecule has 0 amide bonds. The Morgan fingerprint density at radius 2 is 2.00 bits per heavy atom. The Balaban J connectivity index is 1.98. The Hall–Kier alpha value is -4.52. The van der Waals surface area contributed by atoms with Gasteiger partial charge in [-0.15, -0.1) is 0 Å². The van der Waals surface area contributed by atoms with Gasteiger partial charge in [0.15, 0.2) is 5.75 Å². The summed E-state index contributed by atoms with van der Waals surface area (Å²) in [5.74, 6) is -1.38. The fourth-order valence-electron chi connectivity index (χ4n) is 3.84. The number of nitrogens with zero attached hydrogens (tertiary/aromatic N) is 4. The van der Waals surface area contributed by atoms with Gasteiger partial charge in [-0.2, -0.15) is 10.4 Å². The SMILES string of the molecule is COc1c(O)cc(C2C(C#N)=C(N)Oc3c2c(C)nn3-c2ccc(C)cc2)cc1[N+](=O)[O-]. The second-order valence-corrected chi connectivity index (χ2v) is 7.33. The highest BCUT2D eigenvalue weighted by molar-refractivity contribution is 5.63. The number of rotatable bonds is 4. The van der Waals surface area contributed by atoms with E-state index in [1.54, 1.807) is 11.6 Å². The van der Waals surface area contributed by atoms with Crippen molar-refractivity contribution in [3.8, 4) is 29.1 Å². The quantitative estimate of drug-likeness (QED) is 0.470. The van der Waals surface area contributed by atoms with E-state index in [0.717, 1.165) is 11.3 Å². The molecule has 0 fully saturated rings. The van der Waals surface area contributed by atoms with Crippen LogP contribution in [0.3, 0.4) is 0 Å². The zero-order valence-corrected chi connectivity index (χ0v) is 17.5. The van der Waals surface area contributed by atoms with Gasteiger partial charge < -0.3 is 20.3 Å². The lowest BCUT2D eigenvalue weighted by atomic mass is 9.83. The lowest BCUT2D eigenvalue weighted by Gasteiger charge is -2.25. The molecule has 32 heavy (non-hydrogen) atoms. The molecule has 1 atom stereocenters. The van der Waals surface area contributed by atoms with Gasteiger partial charge in [0, 0.05) is 6.07 Å². The molecule has 162 valence electrons. The summed E-state index contributed by atoms with van der Waals surface area (Å²) >= 11 is 0. The summed E-state index contributed by atoms with van der Waals surface area (Å²) in [5.41, 5.74) is 8.84. The first-order valence-corrected chi connectivity index (χ1v) is 9.56. The van der Waals surface area contributed by atoms with E-state index in [-0.39, 0.29) is 22.8 Å². The summed E-state index contributed by atoms with van der Waals surface area (Å²) < 4.78 is 12.3. The number of allylic oxidation sites excluding steroid dienone is 1. The smallest absolute Gasteiger partial charge is 0.315 e. The van der Waals surface area contributed by atoms with Crippen molar-refractivity contribution in [2.75, 3.05) is 7.11 Å². The van der Waals surface area contributed by atoms with Crippen molar-refractivity contribution in [2.45, 2.75) is 19.8 Å². The fourth-order valence-corrected chi connectivity index (χ4v) is 3.84. The molecule has 1 aliphatic heterocycles. The summed E-state index contributed by atoms with van der Waals surface area (Å²) in [4.78, 5) is 10.9. The first kappa shape index (κ1) is 20.7. The van der Waals surface area contributed by atoms with E-state index >= 15 is 0 Å². The minimum absolute atomic E-state index is 0.0583. The predicted molar refractivity (Wildman–Crippen MR) is 114 cm³/mol. The zero-order valence-electron chi connectivity index (χ0n) is 17.5. The number of nitriles is 1. The van der Waals surface area contributed by atoms with Gasteiger partial charge in [0.2, 0.25) is 17.5 Å². The number of nitro groups is 1. The summed E-state index contributed by atoms with van der Waals surface area (Å²) in [5, 5.41) is 36.3. The molecule has 0 saturated carbocycles. The molecule has 10 nitrogen and oxygen atoms in total. The van der Waals surface area contributed by atoms with Crippen molar-refractivity contribution in [3.05, 3.63) is 80.4 Å². The first-order valence-electron chi connectivity index (χ1n) is 9.56. The number of hydrogen-bond acceptors (Lipinski definition) is 8. The van der Waals surface area contributed by atoms with Gasteiger partial charge >= 0.3 is 5.69 Å². The van der Waals surface area contributed by atoms with Crippen LogP contribution < -0.4 is 15.2 Å². The molecule has 0 saturated heterocycles. The molecule has 1 unspecified atom stereocenters. The number of hydrogen-bond donors (Lipinski definition) is 2. The van der Waals surface area contributed by atoms with Crippen LogP contribution in [-0.2, 0) is 0 Å². The second-order valence-electron chi connectivity index (χ2n) is 7.33. The van der Waals surface area contributed by atoms with E-state index < -0.39 is 22.3 Å². The molecule has 2 heterocycles. The molecule has 1 aliphatic rings. The highest BCUT2D eigenvalue weighted by atomic mass is 16.6. The van der Waals surface area contributed by atoms with Crippen LogP contribution in [0.25, 0.3) is 5.69 Å². The Kier molecular flexibility index (Phi) is 4.94. The highest BCUT2D eigenvalue weighted by Gasteiger charge is 2.37. The number of nitrogens with two attached hydrogens (primary N) is 1. The van der Waals surface area contributed by atoms with Crippen LogP contribution in [0.2, 0.25) is 0 Å². The standard InChI is InChI=1S/C22H19N5O5/c1-11-4-6-14(7-5-11)26-22-18(12(2)25-26)19(15(10-23)21(24)32-22)13-8-16(27(29)30)20(31-3)17(28)9-13/h4-9,19,28H,24H2,1-3H3. The number of aromatic nitrogens is 2. The molecule has 0 spiro atoms. The van der Waals surface area contributed by atoms with Crippen LogP contribution in [-0.4, -0.2) is 26.9 Å². The van der Waals surface area contributed by atoms with Crippen molar-refractivity contribution >= 4 is 5.69 Å². The second kappa shape index (κ2) is 7.63. The monoisotopic (exact) mass is 433 g/mol. The molecule has 3 N–H and O–H groups in total. The molecular formula is C22H19N5O5. The lowest BCUT2D eigenvalue weighted by molar-refractivity contribution is -0.385. The summed E-state index contributed by atoms with van der Waals surface area (Å²) in [7, 11) is 1.22. The van der Waals surface area contributed by atoms with Crippen LogP contribution in [0.5, 0.6) is 17.4 Å². The van der Waals surface area contributed by atoms with Crippen molar-refractivity contribution < 1.29 is 19.5 Å². The number of fused-ring (bicyclic) bond motifs is 1. The van der Waals surface area contributed by atoms with Crippen molar-refractivity contribution in [3.63, 3.8) is 0 Å². The molecule has 1 aromatic heterocycles. The van der Waals surface area contributed by atoms with Gasteiger partial charge in [0.1, 0.15) is 11.6 Å². The minimum atomic E-state index is -0.835. The van der Waals surface area contributed by atoms with Crippen LogP contribution in [0, 0.1) is 35.3 Å². The number of phenols is 1. The van der Waals surface area contributed by atoms with Gasteiger partial charge in [0.25, 0.3) is 0 Å². The summed E-state index contributed by atoms with van der Waals surface area (Å²) in [6.07, 6.45) is 0. The molecule has 4 rings (SSSR count). The van der Waals surface area contributed by atoms with E-state index in [9.17, 15) is 20.5 Å². The summed E-state index contributed by atoms with van der Waals surface area (Å²) in [6, 6.07) is 12.2. The third kappa shape index (κ3) is 3.16. The third-order valence-corrected chi connectivity index (χ3v) is 5.32. The number of ether oxygens (including phenoxy) is 2. The van der Waals surface area contributed by atoms with E-state index in [4.69, 9.17) is 15.2 Å². The third-order valence-electron chi connectivity index (χ3n) is 5.32. The number of benzene rings is 2. The van der Waals surface area contributed by atoms with Gasteiger partial charge in [-0.3, -0.25) is 10.1 Å². The Labute approximate surface area is 182 Å². The largest absolute Gasteiger partial charge is 0.504 e. The van der Waals surface area contributed by atoms with Gasteiger partial charge in [-0.05, 0) is 37.6 Å². The number of nitro benzene ring substituents is 1. The summed E-state index contributed by atoms with van der Waals surface area (Å²) in [6.45, 7) is 3.71. The van der Waals surface area contributed by atoms with E-state index in [1.807, 2.05) is 37.3 Å². The number of phenolic OH excluding ortho intramolecular Hbond substituents is 1. The van der Waals surface area contributed by atoms with E-state index in [1.165, 1.54) is 19.2 Å². The zero-order chi connectivity index (χ0) is 23.2. The Bertz CT molecular complexity index is 1320. The first-order chi connectivity index (χ1) is 15.3. The topological polar surface area (TPSA) is 149 Å². The molecule has 0 aliphatic carbocycles. The minimum Gasteiger partial charge on any atom is -0.504 e. The average Bonchev–Trinajstić information content (AvgIpc) is 3.08. The molecule has 10 heteroatoms. The Morgan fingerprint density at radius 1 is 1.31 bits per heavy atom. The van der Waals surface area contributed by atoms with Crippen LogP contribution in [0.1, 0.15) is 28.3 Å². The highest BCUT2D eigenvalue weighted by Crippen LogP contribution is 2.48. The Morgan fingerprint density at radius 3 is 2.59 bits per heavy atom. The number of methoxy groups -OCH3 is 1. The van der Waals surface area contributed by atoms with E-state index in [2.05, 4.69) is 5.10 Å². The lowest BCUT2D eigenvalue weighted by Crippen LogP contribution is -2.22. The molecule has 2 aromatic carbocycles. The van der Waals surface area contributed by atoms with Gasteiger partial charge in [0.05, 0.1) is 34.9 Å². The van der Waals surface area contributed by atoms with Crippen molar-refractivity contribution in [1.82, 2.24) is 9.78 Å². The van der Waals surface area contributed by atoms with Crippen molar-refractivity contribution in [1.29, 1.82) is 5.26 Å². The van der Waals surface area contributed by atoms with Crippen LogP contribution in [0.15, 0.2) is 47.9 Å². The molecule has 3 aromatic rings. The maximum atomic E-state index is 11.6. The van der Waals surface area contributed by atoms with Crippen LogP contribution >= 0.6 is 0 Å². The van der Waals surface area contributed by atoms with Crippen molar-refractivity contribution in [2.24, 2.45) is 5.73 Å². The maximum absolute atomic E-state index is 11.6. The fraction of sp³-hybridized carbons (Fsp3) is 0.182. The number of aromatic hydroxyl groups is 1. The number of aryl methyl sites for hydroxylation is 2. The molecular weight excluding hydrogens is 414 g/mol. The van der Waals surface area contributed by atoms with Gasteiger partial charge in [-0.25, -0.2) is 4.68 Å². The molecule has 0 bridgehead atoms. The predicted octanol–water partition coefficient (Wildman–Crippen LogP) is 3.33. The normalized spacial score (nSPS) is 15.0. The molecule has 0 radical (unpaired) electrons. The van der Waals surface area contributed by atoms with Gasteiger partial charge in [-0.1, -0.05) is 17.7 Å². The maximum Gasteiger partial charge on any atom is 0.315 e.